The minimum Gasteiger partial charge on any atom is -0.505 e. The summed E-state index contributed by atoms with van der Waals surface area (Å²) in [6.45, 7) is 14.9. The van der Waals surface area contributed by atoms with Crippen molar-refractivity contribution >= 4 is 56.5 Å². The predicted molar refractivity (Wildman–Crippen MR) is 283 cm³/mol. The van der Waals surface area contributed by atoms with Crippen LogP contribution in [0.4, 0.5) is 22.7 Å². The van der Waals surface area contributed by atoms with Gasteiger partial charge >= 0.3 is 0 Å². The number of carbonyl (C=O) groups is 1. The Labute approximate surface area is 417 Å². The van der Waals surface area contributed by atoms with E-state index in [1.54, 1.807) is 27.6 Å². The highest BCUT2D eigenvalue weighted by molar-refractivity contribution is 8.77. The maximum Gasteiger partial charge on any atom is 0.260 e. The van der Waals surface area contributed by atoms with E-state index in [2.05, 4.69) is 97.6 Å². The van der Waals surface area contributed by atoms with Crippen LogP contribution in [-0.4, -0.2) is 121 Å². The molecule has 1 N–H and O–H groups in total. The zero-order valence-electron chi connectivity index (χ0n) is 41.4. The smallest absolute Gasteiger partial charge is 0.260 e. The van der Waals surface area contributed by atoms with Gasteiger partial charge in [0.15, 0.2) is 11.5 Å². The van der Waals surface area contributed by atoms with Crippen molar-refractivity contribution < 1.29 is 38.0 Å². The summed E-state index contributed by atoms with van der Waals surface area (Å²) in [7, 11) is 8.73. The first kappa shape index (κ1) is 51.9. The second-order valence-electron chi connectivity index (χ2n) is 17.9. The van der Waals surface area contributed by atoms with Crippen LogP contribution in [0.25, 0.3) is 0 Å². The van der Waals surface area contributed by atoms with Crippen molar-refractivity contribution in [3.63, 3.8) is 0 Å². The summed E-state index contributed by atoms with van der Waals surface area (Å²) in [5.74, 6) is 2.03. The number of methoxy groups -OCH3 is 3. The molecule has 4 aromatic carbocycles. The van der Waals surface area contributed by atoms with Crippen LogP contribution in [0, 0.1) is 0 Å². The zero-order chi connectivity index (χ0) is 48.6. The molecule has 3 aliphatic heterocycles. The molecule has 0 bridgehead atoms. The van der Waals surface area contributed by atoms with E-state index >= 15 is 0 Å². The third kappa shape index (κ3) is 13.9. The molecule has 1 amide bonds. The molecular weight excluding hydrogens is 911 g/mol. The highest BCUT2D eigenvalue weighted by atomic mass is 33.1. The first-order chi connectivity index (χ1) is 33.6. The van der Waals surface area contributed by atoms with Crippen LogP contribution in [0.15, 0.2) is 96.2 Å². The number of hydrogen-bond acceptors (Lipinski definition) is 14. The summed E-state index contributed by atoms with van der Waals surface area (Å²) < 4.78 is 41.4. The van der Waals surface area contributed by atoms with Crippen molar-refractivity contribution in [3.05, 3.63) is 119 Å². The standard InChI is InChI=1S/C54H71N5O8S2/c1-8-68-69-54(3,4)38-57(20-22-64-25-26-65-24-23-62-6)44-28-40(36-66-39(2)58-45(34-55-19-13-14-21-61-5)30-42-15-9-11-17-49(42)58)27-41(29-44)37-67-52-33-48-47(32-51(52)63-7)53(60)59-46(35-56-48)31-43-16-10-12-18-50(43)59/h9-12,14-18,21,27-29,32-34,39,45-46,56H,8,13,19-20,22-26,30-31,35-38H2,1-7H3/b21-14+,55-34-/t39?,45-,46-/m0/s1. The first-order valence-corrected chi connectivity index (χ1v) is 26.4. The SMILES string of the molecule is CCSSC(C)(C)CN(CCOCCOCCOC)c1cc(COc2cc3c(cc2OC)C(=O)N2c4ccccc4C[C@H]2CN3)cc(COC(C)N2c3ccccc3C[C@H]2/C=N\CC/C=C/OC)c1. The van der Waals surface area contributed by atoms with E-state index < -0.39 is 0 Å². The third-order valence-corrected chi connectivity index (χ3v) is 15.7. The van der Waals surface area contributed by atoms with Gasteiger partial charge < -0.3 is 53.2 Å². The maximum atomic E-state index is 14.2. The van der Waals surface area contributed by atoms with Crippen LogP contribution >= 0.6 is 21.6 Å². The molecule has 0 saturated carbocycles. The molecule has 0 fully saturated rings. The van der Waals surface area contributed by atoms with E-state index in [0.29, 0.717) is 76.3 Å². The van der Waals surface area contributed by atoms with E-state index in [4.69, 9.17) is 38.2 Å². The fourth-order valence-corrected chi connectivity index (χ4v) is 11.3. The van der Waals surface area contributed by atoms with Gasteiger partial charge in [0, 0.05) is 73.1 Å². The summed E-state index contributed by atoms with van der Waals surface area (Å²) in [4.78, 5) is 25.7. The molecule has 7 rings (SSSR count). The molecule has 0 saturated heterocycles. The normalized spacial score (nSPS) is 16.8. The lowest BCUT2D eigenvalue weighted by atomic mass is 10.1. The van der Waals surface area contributed by atoms with Crippen LogP contribution in [0.5, 0.6) is 11.5 Å². The maximum absolute atomic E-state index is 14.2. The Morgan fingerprint density at radius 1 is 0.884 bits per heavy atom. The van der Waals surface area contributed by atoms with Crippen molar-refractivity contribution in [2.75, 3.05) is 106 Å². The molecule has 0 aromatic heterocycles. The lowest BCUT2D eigenvalue weighted by Crippen LogP contribution is -2.42. The minimum absolute atomic E-state index is 0.0170. The lowest BCUT2D eigenvalue weighted by Gasteiger charge is -2.34. The summed E-state index contributed by atoms with van der Waals surface area (Å²) in [5, 5.41) is 3.57. The molecule has 0 radical (unpaired) electrons. The lowest BCUT2D eigenvalue weighted by molar-refractivity contribution is 0.0264. The number of carbonyl (C=O) groups excluding carboxylic acids is 1. The number of fused-ring (bicyclic) bond motifs is 5. The van der Waals surface area contributed by atoms with Crippen LogP contribution in [0.1, 0.15) is 66.7 Å². The Morgan fingerprint density at radius 2 is 1.61 bits per heavy atom. The molecule has 3 aliphatic rings. The van der Waals surface area contributed by atoms with Gasteiger partial charge in [0.05, 0.1) is 83.5 Å². The van der Waals surface area contributed by atoms with Crippen LogP contribution in [0.3, 0.4) is 0 Å². The van der Waals surface area contributed by atoms with Crippen LogP contribution in [0.2, 0.25) is 0 Å². The number of hydrogen-bond donors (Lipinski definition) is 1. The summed E-state index contributed by atoms with van der Waals surface area (Å²) >= 11 is 0. The first-order valence-electron chi connectivity index (χ1n) is 24.1. The highest BCUT2D eigenvalue weighted by Crippen LogP contribution is 2.42. The number of amides is 1. The number of nitrogens with zero attached hydrogens (tertiary/aromatic N) is 4. The van der Waals surface area contributed by atoms with Gasteiger partial charge in [-0.2, -0.15) is 0 Å². The topological polar surface area (TPSA) is 116 Å². The van der Waals surface area contributed by atoms with Gasteiger partial charge in [0.25, 0.3) is 5.91 Å². The van der Waals surface area contributed by atoms with Gasteiger partial charge in [-0.15, -0.1) is 0 Å². The van der Waals surface area contributed by atoms with Gasteiger partial charge in [-0.3, -0.25) is 9.79 Å². The molecule has 3 heterocycles. The molecule has 3 atom stereocenters. The largest absolute Gasteiger partial charge is 0.505 e. The highest BCUT2D eigenvalue weighted by Gasteiger charge is 2.38. The molecule has 0 spiro atoms. The van der Waals surface area contributed by atoms with Gasteiger partial charge in [-0.05, 0) is 105 Å². The second kappa shape index (κ2) is 25.8. The molecule has 69 heavy (non-hydrogen) atoms. The molecule has 15 heteroatoms. The summed E-state index contributed by atoms with van der Waals surface area (Å²) in [6.07, 6.45) is 7.99. The van der Waals surface area contributed by atoms with E-state index in [0.717, 1.165) is 59.7 Å². The number of benzene rings is 4. The Hall–Kier alpha value is -4.90. The summed E-state index contributed by atoms with van der Waals surface area (Å²) in [5.41, 5.74) is 8.94. The van der Waals surface area contributed by atoms with Crippen molar-refractivity contribution in [2.24, 2.45) is 4.99 Å². The number of para-hydroxylation sites is 2. The molecule has 0 aliphatic carbocycles. The van der Waals surface area contributed by atoms with Gasteiger partial charge in [-0.1, -0.05) is 64.9 Å². The quantitative estimate of drug-likeness (QED) is 0.0252. The number of ether oxygens (including phenoxy) is 7. The minimum atomic E-state index is -0.248. The van der Waals surface area contributed by atoms with Crippen LogP contribution in [-0.2, 0) is 49.7 Å². The van der Waals surface area contributed by atoms with E-state index in [1.165, 1.54) is 16.8 Å². The van der Waals surface area contributed by atoms with E-state index in [9.17, 15) is 4.79 Å². The average Bonchev–Trinajstić information content (AvgIpc) is 3.89. The third-order valence-electron chi connectivity index (χ3n) is 12.3. The van der Waals surface area contributed by atoms with Gasteiger partial charge in [0.2, 0.25) is 0 Å². The number of nitrogens with one attached hydrogen (secondary N) is 1. The predicted octanol–water partition coefficient (Wildman–Crippen LogP) is 9.85. The molecule has 4 aromatic rings. The average molecular weight is 982 g/mol. The molecule has 372 valence electrons. The zero-order valence-corrected chi connectivity index (χ0v) is 43.1. The molecular formula is C54H71N5O8S2. The molecule has 13 nitrogen and oxygen atoms in total. The van der Waals surface area contributed by atoms with Crippen molar-refractivity contribution in [1.82, 2.24) is 0 Å². The Balaban J connectivity index is 1.15. The van der Waals surface area contributed by atoms with Crippen molar-refractivity contribution in [3.8, 4) is 11.5 Å². The van der Waals surface area contributed by atoms with Crippen LogP contribution < -0.4 is 29.5 Å². The Morgan fingerprint density at radius 3 is 2.36 bits per heavy atom. The van der Waals surface area contributed by atoms with Gasteiger partial charge in [-0.25, -0.2) is 0 Å². The fraction of sp³-hybridized carbons (Fsp3) is 0.481. The van der Waals surface area contributed by atoms with Gasteiger partial charge in [0.1, 0.15) is 12.8 Å². The Bertz CT molecular complexity index is 2350. The Kier molecular flexibility index (Phi) is 19.4. The van der Waals surface area contributed by atoms with E-state index in [1.807, 2.05) is 62.9 Å². The monoisotopic (exact) mass is 981 g/mol. The number of anilines is 4. The van der Waals surface area contributed by atoms with Crippen molar-refractivity contribution in [1.29, 1.82) is 0 Å². The number of aliphatic imine (C=N–C) groups is 1. The van der Waals surface area contributed by atoms with Crippen molar-refractivity contribution in [2.45, 2.75) is 83.2 Å². The fourth-order valence-electron chi connectivity index (χ4n) is 9.14. The summed E-state index contributed by atoms with van der Waals surface area (Å²) in [6, 6.07) is 27.1. The van der Waals surface area contributed by atoms with E-state index in [-0.39, 0.29) is 35.6 Å². The molecule has 1 unspecified atom stereocenters. The number of rotatable bonds is 28. The second-order valence-corrected chi connectivity index (χ2v) is 21.2.